The minimum atomic E-state index is -0.731. The molecule has 0 bridgehead atoms. The summed E-state index contributed by atoms with van der Waals surface area (Å²) in [7, 11) is 0. The van der Waals surface area contributed by atoms with E-state index in [1.165, 1.54) is 0 Å². The average molecular weight is 309 g/mol. The van der Waals surface area contributed by atoms with E-state index in [4.69, 9.17) is 39.0 Å². The Morgan fingerprint density at radius 2 is 1.26 bits per heavy atom. The van der Waals surface area contributed by atoms with Crippen LogP contribution in [0.15, 0.2) is 10.2 Å². The highest BCUT2D eigenvalue weighted by Crippen LogP contribution is 2.34. The normalized spacial score (nSPS) is 15.1. The standard InChI is InChI=1S/C10H18Cl2N6O/c1-9(2,5-15-17-13)7(11)19-8(12)10(3,4)6-16-18-14/h7-8H,5-6H2,1-4H3. The van der Waals surface area contributed by atoms with Crippen molar-refractivity contribution >= 4 is 23.2 Å². The highest BCUT2D eigenvalue weighted by molar-refractivity contribution is 6.22. The fraction of sp³-hybridized carbons (Fsp3) is 1.00. The summed E-state index contributed by atoms with van der Waals surface area (Å²) in [5.41, 5.74) is 14.1. The van der Waals surface area contributed by atoms with Gasteiger partial charge in [-0.15, -0.1) is 0 Å². The van der Waals surface area contributed by atoms with Gasteiger partial charge in [0.05, 0.1) is 0 Å². The molecule has 0 aromatic rings. The van der Waals surface area contributed by atoms with Crippen molar-refractivity contribution in [1.82, 2.24) is 0 Å². The van der Waals surface area contributed by atoms with Crippen LogP contribution in [0.2, 0.25) is 0 Å². The van der Waals surface area contributed by atoms with E-state index < -0.39 is 22.0 Å². The molecule has 0 aliphatic rings. The molecule has 0 aromatic carbocycles. The first kappa shape index (κ1) is 18.2. The van der Waals surface area contributed by atoms with Crippen LogP contribution in [0.25, 0.3) is 20.9 Å². The number of ether oxygens (including phenoxy) is 1. The molecule has 19 heavy (non-hydrogen) atoms. The van der Waals surface area contributed by atoms with Gasteiger partial charge in [-0.3, -0.25) is 0 Å². The zero-order valence-electron chi connectivity index (χ0n) is 11.4. The minimum Gasteiger partial charge on any atom is -0.342 e. The van der Waals surface area contributed by atoms with Gasteiger partial charge in [-0.1, -0.05) is 61.1 Å². The molecule has 108 valence electrons. The molecule has 0 saturated heterocycles. The maximum atomic E-state index is 8.32. The Morgan fingerprint density at radius 3 is 1.53 bits per heavy atom. The van der Waals surface area contributed by atoms with Gasteiger partial charge in [0.2, 0.25) is 0 Å². The smallest absolute Gasteiger partial charge is 0.138 e. The van der Waals surface area contributed by atoms with E-state index in [9.17, 15) is 0 Å². The summed E-state index contributed by atoms with van der Waals surface area (Å²) in [6.45, 7) is 7.62. The highest BCUT2D eigenvalue weighted by atomic mass is 35.5. The van der Waals surface area contributed by atoms with Crippen molar-refractivity contribution in [2.45, 2.75) is 38.8 Å². The number of halogens is 2. The maximum absolute atomic E-state index is 8.32. The van der Waals surface area contributed by atoms with Crippen molar-refractivity contribution in [2.24, 2.45) is 21.1 Å². The van der Waals surface area contributed by atoms with Crippen LogP contribution >= 0.6 is 23.2 Å². The second kappa shape index (κ2) is 7.68. The SMILES string of the molecule is CC(C)(CN=[N+]=[N-])C(Cl)OC(Cl)C(C)(C)CN=[N+]=[N-]. The van der Waals surface area contributed by atoms with Gasteiger partial charge in [0, 0.05) is 33.7 Å². The molecule has 0 spiro atoms. The monoisotopic (exact) mass is 308 g/mol. The van der Waals surface area contributed by atoms with Gasteiger partial charge in [-0.05, 0) is 11.1 Å². The Kier molecular flexibility index (Phi) is 7.34. The van der Waals surface area contributed by atoms with Gasteiger partial charge in [0.1, 0.15) is 11.1 Å². The lowest BCUT2D eigenvalue weighted by atomic mass is 9.93. The van der Waals surface area contributed by atoms with Gasteiger partial charge in [0.25, 0.3) is 0 Å². The van der Waals surface area contributed by atoms with Gasteiger partial charge in [-0.2, -0.15) is 0 Å². The van der Waals surface area contributed by atoms with E-state index in [2.05, 4.69) is 20.1 Å². The van der Waals surface area contributed by atoms with Crippen LogP contribution < -0.4 is 0 Å². The number of rotatable bonds is 8. The molecule has 2 atom stereocenters. The number of nitrogens with zero attached hydrogens (tertiary/aromatic N) is 6. The molecule has 0 amide bonds. The molecule has 0 saturated carbocycles. The third-order valence-electron chi connectivity index (χ3n) is 2.55. The van der Waals surface area contributed by atoms with Crippen LogP contribution in [-0.4, -0.2) is 24.2 Å². The summed E-state index contributed by atoms with van der Waals surface area (Å²) in [5, 5.41) is 6.98. The molecule has 9 heteroatoms. The van der Waals surface area contributed by atoms with Crippen LogP contribution in [0, 0.1) is 10.8 Å². The Balaban J connectivity index is 4.65. The van der Waals surface area contributed by atoms with Crippen molar-refractivity contribution in [1.29, 1.82) is 0 Å². The van der Waals surface area contributed by atoms with E-state index in [-0.39, 0.29) is 13.1 Å². The Labute approximate surface area is 122 Å². The lowest BCUT2D eigenvalue weighted by molar-refractivity contribution is -0.0302. The molecular formula is C10H18Cl2N6O. The third-order valence-corrected chi connectivity index (χ3v) is 3.94. The summed E-state index contributed by atoms with van der Waals surface area (Å²) < 4.78 is 5.54. The number of alkyl halides is 2. The number of azide groups is 2. The highest BCUT2D eigenvalue weighted by Gasteiger charge is 2.35. The lowest BCUT2D eigenvalue weighted by Crippen LogP contribution is -2.38. The Morgan fingerprint density at radius 1 is 0.947 bits per heavy atom. The Bertz CT molecular complexity index is 351. The predicted octanol–water partition coefficient (Wildman–Crippen LogP) is 4.81. The zero-order valence-corrected chi connectivity index (χ0v) is 12.9. The molecule has 0 aliphatic heterocycles. The first-order chi connectivity index (χ1) is 8.67. The molecule has 0 fully saturated rings. The van der Waals surface area contributed by atoms with Crippen LogP contribution in [-0.2, 0) is 4.74 Å². The summed E-state index contributed by atoms with van der Waals surface area (Å²) in [5.74, 6) is 0. The van der Waals surface area contributed by atoms with Crippen molar-refractivity contribution in [3.63, 3.8) is 0 Å². The topological polar surface area (TPSA) is 107 Å². The molecule has 0 aliphatic carbocycles. The Hall–Kier alpha value is -0.840. The van der Waals surface area contributed by atoms with Crippen molar-refractivity contribution in [3.05, 3.63) is 20.9 Å². The molecule has 2 unspecified atom stereocenters. The van der Waals surface area contributed by atoms with E-state index in [1.54, 1.807) is 0 Å². The van der Waals surface area contributed by atoms with E-state index in [0.717, 1.165) is 0 Å². The largest absolute Gasteiger partial charge is 0.342 e. The van der Waals surface area contributed by atoms with Gasteiger partial charge in [-0.25, -0.2) is 0 Å². The quantitative estimate of drug-likeness (QED) is 0.273. The van der Waals surface area contributed by atoms with Crippen LogP contribution in [0.1, 0.15) is 27.7 Å². The first-order valence-corrected chi connectivity index (χ1v) is 6.50. The molecule has 0 rings (SSSR count). The van der Waals surface area contributed by atoms with Gasteiger partial charge >= 0.3 is 0 Å². The summed E-state index contributed by atoms with van der Waals surface area (Å²) in [6.07, 6.45) is 0. The fourth-order valence-corrected chi connectivity index (χ4v) is 1.44. The molecular weight excluding hydrogens is 291 g/mol. The molecule has 0 radical (unpaired) electrons. The van der Waals surface area contributed by atoms with Crippen molar-refractivity contribution in [2.75, 3.05) is 13.1 Å². The third kappa shape index (κ3) is 6.23. The number of hydrogen-bond donors (Lipinski definition) is 0. The van der Waals surface area contributed by atoms with Crippen LogP contribution in [0.5, 0.6) is 0 Å². The first-order valence-electron chi connectivity index (χ1n) is 5.62. The van der Waals surface area contributed by atoms with Gasteiger partial charge in [0.15, 0.2) is 0 Å². The second-order valence-corrected chi connectivity index (χ2v) is 6.32. The molecule has 0 heterocycles. The summed E-state index contributed by atoms with van der Waals surface area (Å²) in [4.78, 5) is 5.39. The summed E-state index contributed by atoms with van der Waals surface area (Å²) in [6, 6.07) is 0. The maximum Gasteiger partial charge on any atom is 0.138 e. The molecule has 0 N–H and O–H groups in total. The van der Waals surface area contributed by atoms with E-state index in [1.807, 2.05) is 27.7 Å². The van der Waals surface area contributed by atoms with Crippen LogP contribution in [0.3, 0.4) is 0 Å². The van der Waals surface area contributed by atoms with E-state index in [0.29, 0.717) is 0 Å². The second-order valence-electron chi connectivity index (χ2n) is 5.52. The van der Waals surface area contributed by atoms with Crippen molar-refractivity contribution in [3.8, 4) is 0 Å². The average Bonchev–Trinajstić information content (AvgIpc) is 2.33. The van der Waals surface area contributed by atoms with Gasteiger partial charge < -0.3 is 4.74 Å². The lowest BCUT2D eigenvalue weighted by Gasteiger charge is -2.35. The minimum absolute atomic E-state index is 0.193. The summed E-state index contributed by atoms with van der Waals surface area (Å²) >= 11 is 12.3. The fourth-order valence-electron chi connectivity index (χ4n) is 1.04. The predicted molar refractivity (Wildman–Crippen MR) is 76.0 cm³/mol. The van der Waals surface area contributed by atoms with E-state index >= 15 is 0 Å². The molecule has 7 nitrogen and oxygen atoms in total. The van der Waals surface area contributed by atoms with Crippen molar-refractivity contribution < 1.29 is 4.74 Å². The molecule has 0 aromatic heterocycles. The van der Waals surface area contributed by atoms with Crippen LogP contribution in [0.4, 0.5) is 0 Å². The number of hydrogen-bond acceptors (Lipinski definition) is 3. The zero-order chi connectivity index (χ0) is 15.1.